The normalized spacial score (nSPS) is 13.9. The lowest BCUT2D eigenvalue weighted by Crippen LogP contribution is -2.25. The summed E-state index contributed by atoms with van der Waals surface area (Å²) in [5.74, 6) is 1.18. The predicted molar refractivity (Wildman–Crippen MR) is 128 cm³/mol. The Bertz CT molecular complexity index is 1170. The maximum Gasteiger partial charge on any atom is 0.267 e. The number of hydrogen-bond acceptors (Lipinski definition) is 6. The van der Waals surface area contributed by atoms with Crippen LogP contribution in [0.3, 0.4) is 0 Å². The number of aryl methyl sites for hydroxylation is 2. The van der Waals surface area contributed by atoms with Gasteiger partial charge in [0.05, 0.1) is 23.4 Å². The Labute approximate surface area is 190 Å². The molecule has 0 saturated heterocycles. The Kier molecular flexibility index (Phi) is 6.26. The van der Waals surface area contributed by atoms with E-state index in [0.29, 0.717) is 11.8 Å². The quantitative estimate of drug-likeness (QED) is 0.365. The lowest BCUT2D eigenvalue weighted by molar-refractivity contribution is -0.123. The second kappa shape index (κ2) is 8.79. The van der Waals surface area contributed by atoms with Crippen LogP contribution in [0.2, 0.25) is 0 Å². The van der Waals surface area contributed by atoms with Crippen molar-refractivity contribution < 1.29 is 9.53 Å². The highest BCUT2D eigenvalue weighted by Gasteiger charge is 2.25. The summed E-state index contributed by atoms with van der Waals surface area (Å²) < 4.78 is 7.22. The topological polar surface area (TPSA) is 61.2 Å². The van der Waals surface area contributed by atoms with Gasteiger partial charge < -0.3 is 4.74 Å². The predicted octanol–water partition coefficient (Wildman–Crippen LogP) is 5.43. The van der Waals surface area contributed by atoms with Gasteiger partial charge in [-0.1, -0.05) is 32.5 Å². The van der Waals surface area contributed by atoms with Gasteiger partial charge in [-0.25, -0.2) is 4.98 Å². The van der Waals surface area contributed by atoms with Crippen LogP contribution in [-0.2, 0) is 17.6 Å². The van der Waals surface area contributed by atoms with Crippen LogP contribution in [0.4, 0.5) is 0 Å². The zero-order chi connectivity index (χ0) is 22.2. The van der Waals surface area contributed by atoms with E-state index in [4.69, 9.17) is 9.72 Å². The number of hydrogen-bond donors (Lipinski definition) is 0. The molecule has 1 aromatic carbocycles. The molecule has 5 nitrogen and oxygen atoms in total. The summed E-state index contributed by atoms with van der Waals surface area (Å²) in [4.78, 5) is 33.3. The summed E-state index contributed by atoms with van der Waals surface area (Å²) in [5, 5.41) is 1.32. The fourth-order valence-electron chi connectivity index (χ4n) is 3.72. The average Bonchev–Trinajstić information content (AvgIpc) is 3.11. The first-order valence-corrected chi connectivity index (χ1v) is 12.6. The molecule has 3 aromatic rings. The molecule has 0 saturated carbocycles. The molecular formula is C24H28N2O3S2. The molecule has 0 unspecified atom stereocenters. The Morgan fingerprint density at radius 2 is 1.90 bits per heavy atom. The van der Waals surface area contributed by atoms with Crippen LogP contribution in [0.15, 0.2) is 34.2 Å². The molecule has 7 heteroatoms. The van der Waals surface area contributed by atoms with E-state index in [1.54, 1.807) is 15.9 Å². The molecule has 0 aliphatic heterocycles. The van der Waals surface area contributed by atoms with Crippen LogP contribution in [0.5, 0.6) is 5.75 Å². The number of fused-ring (bicyclic) bond motifs is 3. The fraction of sp³-hybridized carbons (Fsp3) is 0.458. The highest BCUT2D eigenvalue weighted by atomic mass is 32.2. The van der Waals surface area contributed by atoms with Gasteiger partial charge in [0.15, 0.2) is 5.16 Å². The van der Waals surface area contributed by atoms with Gasteiger partial charge in [0, 0.05) is 10.3 Å². The van der Waals surface area contributed by atoms with E-state index in [-0.39, 0.29) is 17.1 Å². The minimum Gasteiger partial charge on any atom is -0.494 e. The van der Waals surface area contributed by atoms with Gasteiger partial charge in [-0.2, -0.15) is 0 Å². The third kappa shape index (κ3) is 4.44. The van der Waals surface area contributed by atoms with Crippen molar-refractivity contribution in [2.24, 2.45) is 5.41 Å². The molecule has 0 N–H and O–H groups in total. The number of nitrogens with zero attached hydrogens (tertiary/aromatic N) is 2. The Hall–Kier alpha value is -2.12. The second-order valence-corrected chi connectivity index (χ2v) is 10.8. The van der Waals surface area contributed by atoms with Crippen LogP contribution in [0, 0.1) is 5.41 Å². The molecular weight excluding hydrogens is 428 g/mol. The fourth-order valence-corrected chi connectivity index (χ4v) is 6.19. The largest absolute Gasteiger partial charge is 0.494 e. The number of ether oxygens (including phenoxy) is 1. The number of Topliss-reactive ketones (excluding diaryl/α,β-unsaturated/α-hetero) is 1. The molecule has 2 heterocycles. The first-order chi connectivity index (χ1) is 14.8. The number of aromatic nitrogens is 2. The molecule has 164 valence electrons. The van der Waals surface area contributed by atoms with Crippen LogP contribution >= 0.6 is 23.1 Å². The number of carbonyl (C=O) groups excluding carboxylic acids is 1. The van der Waals surface area contributed by atoms with Gasteiger partial charge >= 0.3 is 0 Å². The van der Waals surface area contributed by atoms with Crippen molar-refractivity contribution in [1.29, 1.82) is 0 Å². The first-order valence-electron chi connectivity index (χ1n) is 10.8. The summed E-state index contributed by atoms with van der Waals surface area (Å²) >= 11 is 2.98. The van der Waals surface area contributed by atoms with Gasteiger partial charge in [-0.15, -0.1) is 11.3 Å². The number of thiophene rings is 1. The second-order valence-electron chi connectivity index (χ2n) is 8.81. The molecule has 2 aromatic heterocycles. The molecule has 0 spiro atoms. The van der Waals surface area contributed by atoms with Crippen LogP contribution in [0.25, 0.3) is 15.9 Å². The number of benzene rings is 1. The van der Waals surface area contributed by atoms with Crippen molar-refractivity contribution in [1.82, 2.24) is 9.55 Å². The SMILES string of the molecule is CCOc1ccc(-n2c(SCC(=O)C(C)(C)C)nc3sc4c(c3c2=O)CCCC4)cc1. The van der Waals surface area contributed by atoms with Gasteiger partial charge in [0.1, 0.15) is 16.4 Å². The van der Waals surface area contributed by atoms with E-state index < -0.39 is 5.41 Å². The number of rotatable bonds is 6. The smallest absolute Gasteiger partial charge is 0.267 e. The number of carbonyl (C=O) groups is 1. The maximum absolute atomic E-state index is 13.7. The van der Waals surface area contributed by atoms with E-state index in [1.807, 2.05) is 52.0 Å². The first kappa shape index (κ1) is 22.1. The Morgan fingerprint density at radius 1 is 1.19 bits per heavy atom. The highest BCUT2D eigenvalue weighted by molar-refractivity contribution is 7.99. The van der Waals surface area contributed by atoms with Gasteiger partial charge in [-0.05, 0) is 62.4 Å². The summed E-state index contributed by atoms with van der Waals surface area (Å²) in [6.07, 6.45) is 4.22. The summed E-state index contributed by atoms with van der Waals surface area (Å²) in [6.45, 7) is 8.28. The van der Waals surface area contributed by atoms with Crippen molar-refractivity contribution in [3.05, 3.63) is 45.1 Å². The molecule has 1 aliphatic rings. The molecule has 31 heavy (non-hydrogen) atoms. The molecule has 0 amide bonds. The number of ketones is 1. The van der Waals surface area contributed by atoms with E-state index in [1.165, 1.54) is 22.2 Å². The van der Waals surface area contributed by atoms with E-state index in [9.17, 15) is 9.59 Å². The molecule has 0 atom stereocenters. The van der Waals surface area contributed by atoms with Crippen molar-refractivity contribution in [2.45, 2.75) is 58.5 Å². The zero-order valence-electron chi connectivity index (χ0n) is 18.5. The van der Waals surface area contributed by atoms with Crippen molar-refractivity contribution >= 4 is 39.1 Å². The minimum atomic E-state index is -0.427. The lowest BCUT2D eigenvalue weighted by atomic mass is 9.92. The summed E-state index contributed by atoms with van der Waals surface area (Å²) in [5.41, 5.74) is 1.44. The van der Waals surface area contributed by atoms with Gasteiger partial charge in [0.2, 0.25) is 0 Å². The minimum absolute atomic E-state index is 0.0423. The van der Waals surface area contributed by atoms with E-state index in [0.717, 1.165) is 47.3 Å². The molecule has 4 rings (SSSR count). The van der Waals surface area contributed by atoms with Gasteiger partial charge in [0.25, 0.3) is 5.56 Å². The van der Waals surface area contributed by atoms with Crippen LogP contribution in [-0.4, -0.2) is 27.7 Å². The highest BCUT2D eigenvalue weighted by Crippen LogP contribution is 2.35. The lowest BCUT2D eigenvalue weighted by Gasteiger charge is -2.17. The van der Waals surface area contributed by atoms with Crippen LogP contribution < -0.4 is 10.3 Å². The molecule has 1 aliphatic carbocycles. The Balaban J connectivity index is 1.84. The third-order valence-electron chi connectivity index (χ3n) is 5.53. The molecule has 0 bridgehead atoms. The van der Waals surface area contributed by atoms with Crippen molar-refractivity contribution in [3.63, 3.8) is 0 Å². The Morgan fingerprint density at radius 3 is 2.58 bits per heavy atom. The standard InChI is InChI=1S/C24H28N2O3S2/c1-5-29-16-12-10-15(11-13-16)26-22(28)20-17-8-6-7-9-18(17)31-21(20)25-23(26)30-14-19(27)24(2,3)4/h10-13H,5-9,14H2,1-4H3. The van der Waals surface area contributed by atoms with Gasteiger partial charge in [-0.3, -0.25) is 14.2 Å². The van der Waals surface area contributed by atoms with Crippen molar-refractivity contribution in [3.8, 4) is 11.4 Å². The maximum atomic E-state index is 13.7. The summed E-state index contributed by atoms with van der Waals surface area (Å²) in [7, 11) is 0. The van der Waals surface area contributed by atoms with Crippen LogP contribution in [0.1, 0.15) is 51.0 Å². The molecule has 0 fully saturated rings. The van der Waals surface area contributed by atoms with E-state index in [2.05, 4.69) is 0 Å². The molecule has 0 radical (unpaired) electrons. The monoisotopic (exact) mass is 456 g/mol. The average molecular weight is 457 g/mol. The summed E-state index contributed by atoms with van der Waals surface area (Å²) in [6, 6.07) is 7.50. The number of thioether (sulfide) groups is 1. The van der Waals surface area contributed by atoms with Crippen molar-refractivity contribution in [2.75, 3.05) is 12.4 Å². The third-order valence-corrected chi connectivity index (χ3v) is 7.66. The zero-order valence-corrected chi connectivity index (χ0v) is 20.1. The van der Waals surface area contributed by atoms with E-state index >= 15 is 0 Å².